The number of thiazole rings is 1. The number of aliphatic hydroxyl groups is 1. The minimum Gasteiger partial charge on any atom is -0.393 e. The maximum atomic E-state index is 12.9. The van der Waals surface area contributed by atoms with Gasteiger partial charge in [0.2, 0.25) is 0 Å². The number of amides is 1. The number of carbonyl (C=O) groups is 1. The molecule has 116 valence electrons. The van der Waals surface area contributed by atoms with Crippen LogP contribution in [0.2, 0.25) is 0 Å². The lowest BCUT2D eigenvalue weighted by Gasteiger charge is -2.29. The second-order valence-corrected chi connectivity index (χ2v) is 6.56. The van der Waals surface area contributed by atoms with Crippen LogP contribution < -0.4 is 0 Å². The number of halogens is 1. The minimum atomic E-state index is -0.292. The lowest BCUT2D eigenvalue weighted by Crippen LogP contribution is -2.39. The van der Waals surface area contributed by atoms with E-state index in [1.54, 1.807) is 23.2 Å². The van der Waals surface area contributed by atoms with Crippen molar-refractivity contribution in [3.05, 3.63) is 51.7 Å². The highest BCUT2D eigenvalue weighted by Gasteiger charge is 2.23. The summed E-state index contributed by atoms with van der Waals surface area (Å²) in [5.41, 5.74) is 0.968. The lowest BCUT2D eigenvalue weighted by molar-refractivity contribution is 0.0550. The van der Waals surface area contributed by atoms with Crippen molar-refractivity contribution >= 4 is 17.2 Å². The van der Waals surface area contributed by atoms with E-state index in [0.29, 0.717) is 37.2 Å². The molecular formula is C16H17FN2O2S. The van der Waals surface area contributed by atoms with Crippen molar-refractivity contribution in [2.75, 3.05) is 13.1 Å². The van der Waals surface area contributed by atoms with Crippen LogP contribution in [0.5, 0.6) is 0 Å². The molecule has 1 saturated heterocycles. The average Bonchev–Trinajstić information content (AvgIpc) is 2.98. The van der Waals surface area contributed by atoms with Gasteiger partial charge in [0, 0.05) is 19.5 Å². The van der Waals surface area contributed by atoms with E-state index in [2.05, 4.69) is 4.98 Å². The van der Waals surface area contributed by atoms with Crippen LogP contribution in [0.15, 0.2) is 30.5 Å². The first-order chi connectivity index (χ1) is 10.6. The number of likely N-dealkylation sites (tertiary alicyclic amines) is 1. The Kier molecular flexibility index (Phi) is 4.49. The Morgan fingerprint density at radius 3 is 2.68 bits per heavy atom. The van der Waals surface area contributed by atoms with E-state index in [4.69, 9.17) is 0 Å². The molecule has 1 aromatic heterocycles. The van der Waals surface area contributed by atoms with E-state index in [1.807, 2.05) is 0 Å². The molecule has 1 aromatic carbocycles. The molecular weight excluding hydrogens is 303 g/mol. The predicted octanol–water partition coefficient (Wildman–Crippen LogP) is 2.47. The van der Waals surface area contributed by atoms with Gasteiger partial charge in [0.25, 0.3) is 5.91 Å². The maximum Gasteiger partial charge on any atom is 0.265 e. The van der Waals surface area contributed by atoms with Crippen molar-refractivity contribution in [3.8, 4) is 0 Å². The van der Waals surface area contributed by atoms with Crippen molar-refractivity contribution in [1.29, 1.82) is 0 Å². The highest BCUT2D eigenvalue weighted by Crippen LogP contribution is 2.20. The quantitative estimate of drug-likeness (QED) is 0.945. The van der Waals surface area contributed by atoms with E-state index >= 15 is 0 Å². The van der Waals surface area contributed by atoms with E-state index in [-0.39, 0.29) is 17.8 Å². The molecule has 4 nitrogen and oxygen atoms in total. The zero-order valence-corrected chi connectivity index (χ0v) is 12.9. The molecule has 0 bridgehead atoms. The summed E-state index contributed by atoms with van der Waals surface area (Å²) in [6.07, 6.45) is 3.17. The Hall–Kier alpha value is -1.79. The average molecular weight is 320 g/mol. The number of piperidine rings is 1. The van der Waals surface area contributed by atoms with Crippen molar-refractivity contribution < 1.29 is 14.3 Å². The number of rotatable bonds is 3. The molecule has 1 aliphatic heterocycles. The predicted molar refractivity (Wildman–Crippen MR) is 82.5 cm³/mol. The largest absolute Gasteiger partial charge is 0.393 e. The summed E-state index contributed by atoms with van der Waals surface area (Å²) in [6, 6.07) is 6.30. The number of nitrogens with zero attached hydrogens (tertiary/aromatic N) is 2. The van der Waals surface area contributed by atoms with Gasteiger partial charge in [-0.15, -0.1) is 11.3 Å². The van der Waals surface area contributed by atoms with Crippen LogP contribution in [0.25, 0.3) is 0 Å². The van der Waals surface area contributed by atoms with Crippen LogP contribution in [0.4, 0.5) is 4.39 Å². The number of hydrogen-bond acceptors (Lipinski definition) is 4. The van der Waals surface area contributed by atoms with Gasteiger partial charge in [0.15, 0.2) is 0 Å². The minimum absolute atomic E-state index is 0.0187. The monoisotopic (exact) mass is 320 g/mol. The molecule has 1 N–H and O–H groups in total. The van der Waals surface area contributed by atoms with Gasteiger partial charge in [0.1, 0.15) is 10.7 Å². The SMILES string of the molecule is O=C(c1cnc(Cc2ccc(F)cc2)s1)N1CCC(O)CC1. The Bertz CT molecular complexity index is 648. The smallest absolute Gasteiger partial charge is 0.265 e. The van der Waals surface area contributed by atoms with Crippen LogP contribution in [0.1, 0.15) is 33.1 Å². The Labute approximate surface area is 132 Å². The molecule has 0 radical (unpaired) electrons. The summed E-state index contributed by atoms with van der Waals surface area (Å²) in [5, 5.41) is 10.3. The van der Waals surface area contributed by atoms with Gasteiger partial charge >= 0.3 is 0 Å². The second kappa shape index (κ2) is 6.54. The first-order valence-corrected chi connectivity index (χ1v) is 8.10. The normalized spacial score (nSPS) is 16.0. The van der Waals surface area contributed by atoms with Gasteiger partial charge < -0.3 is 10.0 Å². The molecule has 6 heteroatoms. The fourth-order valence-corrected chi connectivity index (χ4v) is 3.41. The van der Waals surface area contributed by atoms with Crippen LogP contribution in [0.3, 0.4) is 0 Å². The van der Waals surface area contributed by atoms with Gasteiger partial charge in [-0.05, 0) is 30.5 Å². The summed E-state index contributed by atoms with van der Waals surface area (Å²) in [5.74, 6) is -0.277. The van der Waals surface area contributed by atoms with Crippen molar-refractivity contribution in [2.45, 2.75) is 25.4 Å². The van der Waals surface area contributed by atoms with Crippen molar-refractivity contribution in [2.24, 2.45) is 0 Å². The van der Waals surface area contributed by atoms with E-state index in [0.717, 1.165) is 10.6 Å². The molecule has 0 spiro atoms. The van der Waals surface area contributed by atoms with Crippen LogP contribution >= 0.6 is 11.3 Å². The summed E-state index contributed by atoms with van der Waals surface area (Å²) in [6.45, 7) is 1.18. The third-order valence-electron chi connectivity index (χ3n) is 3.78. The molecule has 2 heterocycles. The Morgan fingerprint density at radius 2 is 2.00 bits per heavy atom. The summed E-state index contributed by atoms with van der Waals surface area (Å²) in [7, 11) is 0. The molecule has 0 aliphatic carbocycles. The zero-order chi connectivity index (χ0) is 15.5. The Balaban J connectivity index is 1.65. The first kappa shape index (κ1) is 15.1. The number of benzene rings is 1. The van der Waals surface area contributed by atoms with Crippen LogP contribution in [-0.2, 0) is 6.42 Å². The molecule has 22 heavy (non-hydrogen) atoms. The van der Waals surface area contributed by atoms with E-state index in [1.165, 1.54) is 23.5 Å². The van der Waals surface area contributed by atoms with Gasteiger partial charge in [-0.25, -0.2) is 9.37 Å². The van der Waals surface area contributed by atoms with Gasteiger partial charge in [0.05, 0.1) is 17.3 Å². The molecule has 1 amide bonds. The van der Waals surface area contributed by atoms with Crippen LogP contribution in [-0.4, -0.2) is 40.1 Å². The summed E-state index contributed by atoms with van der Waals surface area (Å²) in [4.78, 5) is 19.1. The fourth-order valence-electron chi connectivity index (χ4n) is 2.49. The number of aromatic nitrogens is 1. The molecule has 2 aromatic rings. The van der Waals surface area contributed by atoms with E-state index in [9.17, 15) is 14.3 Å². The molecule has 3 rings (SSSR count). The van der Waals surface area contributed by atoms with Gasteiger partial charge in [-0.2, -0.15) is 0 Å². The first-order valence-electron chi connectivity index (χ1n) is 7.28. The van der Waals surface area contributed by atoms with Gasteiger partial charge in [-0.3, -0.25) is 4.79 Å². The maximum absolute atomic E-state index is 12.9. The highest BCUT2D eigenvalue weighted by molar-refractivity contribution is 7.13. The molecule has 0 unspecified atom stereocenters. The van der Waals surface area contributed by atoms with Gasteiger partial charge in [-0.1, -0.05) is 12.1 Å². The fraction of sp³-hybridized carbons (Fsp3) is 0.375. The molecule has 0 saturated carbocycles. The molecule has 1 aliphatic rings. The van der Waals surface area contributed by atoms with Crippen molar-refractivity contribution in [3.63, 3.8) is 0 Å². The number of aliphatic hydroxyl groups excluding tert-OH is 1. The van der Waals surface area contributed by atoms with Crippen LogP contribution in [0, 0.1) is 5.82 Å². The molecule has 0 atom stereocenters. The highest BCUT2D eigenvalue weighted by atomic mass is 32.1. The third kappa shape index (κ3) is 3.51. The van der Waals surface area contributed by atoms with Crippen molar-refractivity contribution in [1.82, 2.24) is 9.88 Å². The topological polar surface area (TPSA) is 53.4 Å². The summed E-state index contributed by atoms with van der Waals surface area (Å²) < 4.78 is 12.9. The lowest BCUT2D eigenvalue weighted by atomic mass is 10.1. The number of hydrogen-bond donors (Lipinski definition) is 1. The third-order valence-corrected chi connectivity index (χ3v) is 4.77. The Morgan fingerprint density at radius 1 is 1.32 bits per heavy atom. The molecule has 1 fully saturated rings. The number of carbonyl (C=O) groups excluding carboxylic acids is 1. The standard InChI is InChI=1S/C16H17FN2O2S/c17-12-3-1-11(2-4-12)9-15-18-10-14(22-15)16(21)19-7-5-13(20)6-8-19/h1-4,10,13,20H,5-9H2. The summed E-state index contributed by atoms with van der Waals surface area (Å²) >= 11 is 1.38. The van der Waals surface area contributed by atoms with E-state index < -0.39 is 0 Å². The second-order valence-electron chi connectivity index (χ2n) is 5.44. The zero-order valence-electron chi connectivity index (χ0n) is 12.0.